The summed E-state index contributed by atoms with van der Waals surface area (Å²) < 4.78 is 65.8. The summed E-state index contributed by atoms with van der Waals surface area (Å²) >= 11 is 0. The molecule has 0 spiro atoms. The predicted molar refractivity (Wildman–Crippen MR) is 171 cm³/mol. The van der Waals surface area contributed by atoms with Gasteiger partial charge in [-0.3, -0.25) is 24.6 Å². The number of likely N-dealkylation sites (tertiary alicyclic amines) is 1. The van der Waals surface area contributed by atoms with Gasteiger partial charge in [-0.1, -0.05) is 86.6 Å². The van der Waals surface area contributed by atoms with Crippen LogP contribution >= 0.6 is 0 Å². The highest BCUT2D eigenvalue weighted by molar-refractivity contribution is 7.89. The minimum atomic E-state index is -5.08. The molecule has 262 valence electrons. The van der Waals surface area contributed by atoms with Crippen LogP contribution < -0.4 is 5.32 Å². The van der Waals surface area contributed by atoms with Gasteiger partial charge in [-0.05, 0) is 35.2 Å². The number of fused-ring (bicyclic) bond motifs is 1. The number of ether oxygens (including phenoxy) is 1. The van der Waals surface area contributed by atoms with Gasteiger partial charge in [0.15, 0.2) is 0 Å². The van der Waals surface area contributed by atoms with Crippen LogP contribution in [0.25, 0.3) is 11.1 Å². The number of benzene rings is 3. The molecule has 0 aliphatic carbocycles. The first-order valence-corrected chi connectivity index (χ1v) is 16.8. The van der Waals surface area contributed by atoms with Crippen LogP contribution in [0.4, 0.5) is 13.2 Å². The molecule has 2 amide bonds. The number of imide groups is 1. The third-order valence-corrected chi connectivity index (χ3v) is 10.7. The summed E-state index contributed by atoms with van der Waals surface area (Å²) in [5.74, 6) is -6.22. The molecule has 3 aromatic rings. The number of carbonyl (C=O) groups is 4. The summed E-state index contributed by atoms with van der Waals surface area (Å²) in [5, 5.41) is 10.3. The standard InChI is InChI=1S/C32H35N3O6S.C2HF3O2/c1-4-32(31(38)41-3)28-27(29(36)35(30(28)37)20-22-12-8-6-9-13-22)26(33-32)21-34(5-2)42(39,40)25-18-16-24(17-19-25)23-14-10-7-11-15-23;3-2(4,5)1(6)7/h6-19,26-28,33H,4-5,20-21H2,1-3H3;(H,6,7)/t26-,27+,28-,32-;/m1./s1. The van der Waals surface area contributed by atoms with Crippen LogP contribution in [0, 0.1) is 11.8 Å². The Hall–Kier alpha value is -4.60. The molecule has 0 unspecified atom stereocenters. The van der Waals surface area contributed by atoms with Gasteiger partial charge in [0, 0.05) is 19.1 Å². The molecule has 2 aliphatic rings. The number of sulfonamides is 1. The van der Waals surface area contributed by atoms with E-state index in [4.69, 9.17) is 14.6 Å². The minimum absolute atomic E-state index is 0.0722. The minimum Gasteiger partial charge on any atom is -0.475 e. The number of methoxy groups -OCH3 is 1. The van der Waals surface area contributed by atoms with E-state index in [2.05, 4.69) is 5.32 Å². The van der Waals surface area contributed by atoms with Crippen LogP contribution in [0.3, 0.4) is 0 Å². The van der Waals surface area contributed by atoms with Crippen molar-refractivity contribution < 1.29 is 50.6 Å². The maximum atomic E-state index is 13.8. The predicted octanol–water partition coefficient (Wildman–Crippen LogP) is 4.09. The van der Waals surface area contributed by atoms with Crippen molar-refractivity contribution in [3.63, 3.8) is 0 Å². The summed E-state index contributed by atoms with van der Waals surface area (Å²) in [7, 11) is -2.72. The van der Waals surface area contributed by atoms with Gasteiger partial charge in [0.1, 0.15) is 5.54 Å². The number of amides is 2. The van der Waals surface area contributed by atoms with Gasteiger partial charge < -0.3 is 9.84 Å². The SMILES string of the molecule is CCN(C[C@H]1N[C@@](CC)(C(=O)OC)[C@H]2C(=O)N(Cc3ccccc3)C(=O)[C@@H]12)S(=O)(=O)c1ccc(-c2ccccc2)cc1.O=C(O)C(F)(F)F. The monoisotopic (exact) mass is 703 g/mol. The summed E-state index contributed by atoms with van der Waals surface area (Å²) in [6, 6.07) is 24.7. The van der Waals surface area contributed by atoms with Crippen molar-refractivity contribution in [1.82, 2.24) is 14.5 Å². The van der Waals surface area contributed by atoms with Crippen molar-refractivity contribution in [3.8, 4) is 11.1 Å². The van der Waals surface area contributed by atoms with Crippen LogP contribution in [0.2, 0.25) is 0 Å². The Morgan fingerprint density at radius 2 is 1.45 bits per heavy atom. The Kier molecular flexibility index (Phi) is 11.3. The molecule has 0 aromatic heterocycles. The van der Waals surface area contributed by atoms with E-state index < -0.39 is 63.4 Å². The molecule has 4 atom stereocenters. The third-order valence-electron chi connectivity index (χ3n) is 8.74. The largest absolute Gasteiger partial charge is 0.490 e. The highest BCUT2D eigenvalue weighted by Crippen LogP contribution is 2.46. The van der Waals surface area contributed by atoms with Gasteiger partial charge >= 0.3 is 18.1 Å². The van der Waals surface area contributed by atoms with E-state index in [0.717, 1.165) is 16.7 Å². The maximum absolute atomic E-state index is 13.8. The van der Waals surface area contributed by atoms with Crippen molar-refractivity contribution in [1.29, 1.82) is 0 Å². The Bertz CT molecular complexity index is 1770. The van der Waals surface area contributed by atoms with Crippen molar-refractivity contribution in [3.05, 3.63) is 90.5 Å². The second kappa shape index (κ2) is 14.9. The number of esters is 1. The number of likely N-dealkylation sites (N-methyl/N-ethyl adjacent to an activating group) is 1. The average molecular weight is 704 g/mol. The van der Waals surface area contributed by atoms with Gasteiger partial charge in [0.2, 0.25) is 21.8 Å². The molecule has 3 aromatic carbocycles. The summed E-state index contributed by atoms with van der Waals surface area (Å²) in [5.41, 5.74) is 1.18. The Labute approximate surface area is 281 Å². The van der Waals surface area contributed by atoms with Gasteiger partial charge in [0.25, 0.3) is 0 Å². The van der Waals surface area contributed by atoms with Gasteiger partial charge in [0.05, 0.1) is 30.4 Å². The number of hydrogen-bond donors (Lipinski definition) is 2. The first-order chi connectivity index (χ1) is 23.1. The lowest BCUT2D eigenvalue weighted by Gasteiger charge is -2.32. The lowest BCUT2D eigenvalue weighted by atomic mass is 9.78. The van der Waals surface area contributed by atoms with Crippen molar-refractivity contribution in [2.24, 2.45) is 11.8 Å². The summed E-state index contributed by atoms with van der Waals surface area (Å²) in [6.45, 7) is 3.58. The molecule has 2 N–H and O–H groups in total. The molecule has 0 bridgehead atoms. The number of carbonyl (C=O) groups excluding carboxylic acids is 3. The number of alkyl halides is 3. The number of halogens is 3. The van der Waals surface area contributed by atoms with E-state index in [0.29, 0.717) is 0 Å². The average Bonchev–Trinajstić information content (AvgIpc) is 3.56. The topological polar surface area (TPSA) is 150 Å². The number of nitrogens with zero attached hydrogens (tertiary/aromatic N) is 2. The number of aliphatic carboxylic acids is 1. The first-order valence-electron chi connectivity index (χ1n) is 15.3. The fraction of sp³-hybridized carbons (Fsp3) is 0.353. The van der Waals surface area contributed by atoms with E-state index in [9.17, 15) is 36.0 Å². The molecule has 49 heavy (non-hydrogen) atoms. The molecule has 0 saturated carbocycles. The van der Waals surface area contributed by atoms with Crippen molar-refractivity contribution in [2.75, 3.05) is 20.2 Å². The Morgan fingerprint density at radius 3 is 1.94 bits per heavy atom. The molecule has 5 rings (SSSR count). The fourth-order valence-electron chi connectivity index (χ4n) is 6.32. The van der Waals surface area contributed by atoms with E-state index >= 15 is 0 Å². The van der Waals surface area contributed by atoms with E-state index in [1.165, 1.54) is 16.3 Å². The zero-order valence-corrected chi connectivity index (χ0v) is 27.7. The Morgan fingerprint density at radius 1 is 0.918 bits per heavy atom. The summed E-state index contributed by atoms with van der Waals surface area (Å²) in [6.07, 6.45) is -4.89. The molecule has 2 saturated heterocycles. The van der Waals surface area contributed by atoms with E-state index in [1.54, 1.807) is 38.1 Å². The zero-order valence-electron chi connectivity index (χ0n) is 26.9. The zero-order chi connectivity index (χ0) is 36.1. The van der Waals surface area contributed by atoms with E-state index in [-0.39, 0.29) is 31.0 Å². The molecule has 2 fully saturated rings. The quantitative estimate of drug-likeness (QED) is 0.235. The molecule has 2 heterocycles. The van der Waals surface area contributed by atoms with Crippen molar-refractivity contribution >= 4 is 33.8 Å². The number of hydrogen-bond acceptors (Lipinski definition) is 8. The van der Waals surface area contributed by atoms with E-state index in [1.807, 2.05) is 60.7 Å². The molecule has 0 radical (unpaired) electrons. The number of rotatable bonds is 10. The lowest BCUT2D eigenvalue weighted by molar-refractivity contribution is -0.192. The molecule has 11 nitrogen and oxygen atoms in total. The Balaban J connectivity index is 0.000000698. The van der Waals surface area contributed by atoms with Gasteiger partial charge in [-0.15, -0.1) is 0 Å². The van der Waals surface area contributed by atoms with Gasteiger partial charge in [-0.25, -0.2) is 13.2 Å². The second-order valence-electron chi connectivity index (χ2n) is 11.5. The second-order valence-corrected chi connectivity index (χ2v) is 13.4. The van der Waals surface area contributed by atoms with Gasteiger partial charge in [-0.2, -0.15) is 17.5 Å². The smallest absolute Gasteiger partial charge is 0.475 e. The van der Waals surface area contributed by atoms with Crippen LogP contribution in [0.5, 0.6) is 0 Å². The lowest BCUT2D eigenvalue weighted by Crippen LogP contribution is -2.58. The first kappa shape index (κ1) is 37.2. The van der Waals surface area contributed by atoms with Crippen LogP contribution in [-0.2, 0) is 40.5 Å². The maximum Gasteiger partial charge on any atom is 0.490 e. The van der Waals surface area contributed by atoms with Crippen LogP contribution in [0.15, 0.2) is 89.8 Å². The highest BCUT2D eigenvalue weighted by Gasteiger charge is 2.68. The van der Waals surface area contributed by atoms with Crippen molar-refractivity contribution in [2.45, 2.75) is 49.5 Å². The number of nitrogens with one attached hydrogen (secondary N) is 1. The fourth-order valence-corrected chi connectivity index (χ4v) is 7.79. The number of carboxylic acid groups (broad SMARTS) is 1. The third kappa shape index (κ3) is 7.53. The molecular formula is C34H36F3N3O8S. The summed E-state index contributed by atoms with van der Waals surface area (Å²) in [4.78, 5) is 51.0. The van der Waals surface area contributed by atoms with Crippen LogP contribution in [-0.4, -0.2) is 84.4 Å². The normalized spacial score (nSPS) is 22.0. The molecule has 2 aliphatic heterocycles. The highest BCUT2D eigenvalue weighted by atomic mass is 32.2. The number of carboxylic acids is 1. The van der Waals surface area contributed by atoms with Crippen LogP contribution in [0.1, 0.15) is 25.8 Å². The molecular weight excluding hydrogens is 667 g/mol. The molecule has 15 heteroatoms.